The van der Waals surface area contributed by atoms with Crippen LogP contribution < -0.4 is 15.6 Å². The molecule has 2 aromatic carbocycles. The van der Waals surface area contributed by atoms with Gasteiger partial charge in [-0.3, -0.25) is 14.2 Å². The van der Waals surface area contributed by atoms with Crippen molar-refractivity contribution in [3.05, 3.63) is 81.9 Å². The minimum Gasteiger partial charge on any atom is -0.497 e. The van der Waals surface area contributed by atoms with Crippen molar-refractivity contribution < 1.29 is 9.53 Å². The van der Waals surface area contributed by atoms with Gasteiger partial charge in [-0.05, 0) is 30.3 Å². The van der Waals surface area contributed by atoms with Gasteiger partial charge in [-0.15, -0.1) is 0 Å². The predicted molar refractivity (Wildman–Crippen MR) is 95.8 cm³/mol. The van der Waals surface area contributed by atoms with E-state index in [1.54, 1.807) is 49.6 Å². The number of rotatable bonds is 4. The molecule has 0 aliphatic rings. The Balaban J connectivity index is 1.93. The number of methoxy groups -OCH3 is 1. The van der Waals surface area contributed by atoms with Gasteiger partial charge in [0.25, 0.3) is 11.5 Å². The molecule has 1 N–H and O–H groups in total. The van der Waals surface area contributed by atoms with Crippen LogP contribution in [0.2, 0.25) is 5.02 Å². The monoisotopic (exact) mass is 355 g/mol. The second-order valence-electron chi connectivity index (χ2n) is 5.12. The Morgan fingerprint density at radius 1 is 1.20 bits per heavy atom. The summed E-state index contributed by atoms with van der Waals surface area (Å²) >= 11 is 5.88. The number of hydrogen-bond donors (Lipinski definition) is 1. The Kier molecular flexibility index (Phi) is 4.81. The molecule has 1 amide bonds. The Morgan fingerprint density at radius 2 is 2.00 bits per heavy atom. The first kappa shape index (κ1) is 16.7. The highest BCUT2D eigenvalue weighted by molar-refractivity contribution is 6.31. The lowest BCUT2D eigenvalue weighted by Crippen LogP contribution is -2.26. The van der Waals surface area contributed by atoms with Crippen LogP contribution in [0.1, 0.15) is 10.4 Å². The van der Waals surface area contributed by atoms with Gasteiger partial charge in [0.1, 0.15) is 5.75 Å². The third kappa shape index (κ3) is 3.70. The van der Waals surface area contributed by atoms with E-state index in [0.29, 0.717) is 22.0 Å². The van der Waals surface area contributed by atoms with Gasteiger partial charge in [0, 0.05) is 29.0 Å². The molecule has 25 heavy (non-hydrogen) atoms. The van der Waals surface area contributed by atoms with E-state index in [4.69, 9.17) is 16.3 Å². The third-order valence-electron chi connectivity index (χ3n) is 3.49. The van der Waals surface area contributed by atoms with E-state index in [9.17, 15) is 9.59 Å². The Morgan fingerprint density at radius 3 is 2.76 bits per heavy atom. The highest BCUT2D eigenvalue weighted by Gasteiger charge is 2.12. The quantitative estimate of drug-likeness (QED) is 0.780. The van der Waals surface area contributed by atoms with Gasteiger partial charge < -0.3 is 10.1 Å². The zero-order valence-electron chi connectivity index (χ0n) is 13.3. The second-order valence-corrected chi connectivity index (χ2v) is 5.55. The first-order chi connectivity index (χ1) is 12.1. The highest BCUT2D eigenvalue weighted by Crippen LogP contribution is 2.15. The molecule has 0 aliphatic heterocycles. The van der Waals surface area contributed by atoms with Crippen molar-refractivity contribution in [2.45, 2.75) is 0 Å². The van der Waals surface area contributed by atoms with Crippen molar-refractivity contribution in [1.82, 2.24) is 9.55 Å². The lowest BCUT2D eigenvalue weighted by molar-refractivity contribution is 0.102. The molecule has 0 spiro atoms. The fraction of sp³-hybridized carbons (Fsp3) is 0.0556. The van der Waals surface area contributed by atoms with Crippen LogP contribution in [0.3, 0.4) is 0 Å². The van der Waals surface area contributed by atoms with Crippen LogP contribution in [0, 0.1) is 0 Å². The minimum absolute atomic E-state index is 0.0738. The van der Waals surface area contributed by atoms with E-state index in [1.165, 1.54) is 23.0 Å². The molecule has 0 saturated heterocycles. The van der Waals surface area contributed by atoms with Gasteiger partial charge in [0.15, 0.2) is 5.82 Å². The standard InChI is InChI=1S/C18H14ClN3O3/c1-25-15-7-3-6-14(11-15)22-9-8-20-16(18(22)24)21-17(23)12-4-2-5-13(19)10-12/h2-11H,1H3,(H,20,21,23). The number of aromatic nitrogens is 2. The van der Waals surface area contributed by atoms with Crippen molar-refractivity contribution in [2.75, 3.05) is 12.4 Å². The van der Waals surface area contributed by atoms with Gasteiger partial charge in [-0.25, -0.2) is 4.98 Å². The molecule has 7 heteroatoms. The first-order valence-electron chi connectivity index (χ1n) is 7.37. The molecule has 6 nitrogen and oxygen atoms in total. The maximum Gasteiger partial charge on any atom is 0.298 e. The molecule has 0 fully saturated rings. The number of carbonyl (C=O) groups excluding carboxylic acids is 1. The van der Waals surface area contributed by atoms with Gasteiger partial charge >= 0.3 is 0 Å². The lowest BCUT2D eigenvalue weighted by Gasteiger charge is -2.09. The summed E-state index contributed by atoms with van der Waals surface area (Å²) in [5, 5.41) is 2.95. The molecule has 1 heterocycles. The highest BCUT2D eigenvalue weighted by atomic mass is 35.5. The molecule has 126 valence electrons. The number of benzene rings is 2. The number of carbonyl (C=O) groups is 1. The zero-order chi connectivity index (χ0) is 17.8. The van der Waals surface area contributed by atoms with Crippen LogP contribution in [-0.2, 0) is 0 Å². The number of anilines is 1. The molecule has 1 aromatic heterocycles. The first-order valence-corrected chi connectivity index (χ1v) is 7.75. The summed E-state index contributed by atoms with van der Waals surface area (Å²) in [6, 6.07) is 13.4. The Bertz CT molecular complexity index is 985. The van der Waals surface area contributed by atoms with Crippen LogP contribution in [0.5, 0.6) is 5.75 Å². The van der Waals surface area contributed by atoms with Gasteiger partial charge in [0.2, 0.25) is 0 Å². The van der Waals surface area contributed by atoms with Gasteiger partial charge in [-0.1, -0.05) is 23.7 Å². The minimum atomic E-state index is -0.463. The van der Waals surface area contributed by atoms with Crippen LogP contribution in [0.15, 0.2) is 65.7 Å². The molecule has 0 atom stereocenters. The molecule has 0 unspecified atom stereocenters. The fourth-order valence-electron chi connectivity index (χ4n) is 2.27. The number of amides is 1. The Hall–Kier alpha value is -3.12. The van der Waals surface area contributed by atoms with Crippen LogP contribution in [0.4, 0.5) is 5.82 Å². The van der Waals surface area contributed by atoms with Crippen LogP contribution in [-0.4, -0.2) is 22.6 Å². The average Bonchev–Trinajstić information content (AvgIpc) is 2.63. The number of ether oxygens (including phenoxy) is 1. The second kappa shape index (κ2) is 7.19. The molecule has 3 aromatic rings. The average molecular weight is 356 g/mol. The zero-order valence-corrected chi connectivity index (χ0v) is 14.0. The smallest absolute Gasteiger partial charge is 0.298 e. The van der Waals surface area contributed by atoms with E-state index in [0.717, 1.165) is 0 Å². The van der Waals surface area contributed by atoms with E-state index >= 15 is 0 Å². The maximum absolute atomic E-state index is 12.6. The summed E-state index contributed by atoms with van der Waals surface area (Å²) in [5.74, 6) is 0.0801. The van der Waals surface area contributed by atoms with Crippen molar-refractivity contribution in [3.8, 4) is 11.4 Å². The summed E-state index contributed by atoms with van der Waals surface area (Å²) in [4.78, 5) is 28.9. The summed E-state index contributed by atoms with van der Waals surface area (Å²) in [7, 11) is 1.55. The van der Waals surface area contributed by atoms with Crippen LogP contribution >= 0.6 is 11.6 Å². The van der Waals surface area contributed by atoms with Gasteiger partial charge in [0.05, 0.1) is 12.8 Å². The summed E-state index contributed by atoms with van der Waals surface area (Å²) in [5.41, 5.74) is 0.488. The molecule has 0 aliphatic carbocycles. The van der Waals surface area contributed by atoms with E-state index < -0.39 is 11.5 Å². The van der Waals surface area contributed by atoms with Crippen LogP contribution in [0.25, 0.3) is 5.69 Å². The largest absolute Gasteiger partial charge is 0.497 e. The third-order valence-corrected chi connectivity index (χ3v) is 3.73. The summed E-state index contributed by atoms with van der Waals surface area (Å²) in [6.07, 6.45) is 2.96. The van der Waals surface area contributed by atoms with Crippen molar-refractivity contribution in [2.24, 2.45) is 0 Å². The molecular weight excluding hydrogens is 342 g/mol. The number of halogens is 1. The molecular formula is C18H14ClN3O3. The summed E-state index contributed by atoms with van der Waals surface area (Å²) < 4.78 is 6.54. The Labute approximate surface area is 148 Å². The number of nitrogens with one attached hydrogen (secondary N) is 1. The molecule has 0 bridgehead atoms. The van der Waals surface area contributed by atoms with E-state index in [-0.39, 0.29) is 5.82 Å². The molecule has 3 rings (SSSR count). The molecule has 0 radical (unpaired) electrons. The molecule has 0 saturated carbocycles. The fourth-order valence-corrected chi connectivity index (χ4v) is 2.46. The number of nitrogens with zero attached hydrogens (tertiary/aromatic N) is 2. The van der Waals surface area contributed by atoms with Crippen molar-refractivity contribution in [3.63, 3.8) is 0 Å². The maximum atomic E-state index is 12.6. The predicted octanol–water partition coefficient (Wildman–Crippen LogP) is 3.15. The van der Waals surface area contributed by atoms with E-state index in [1.807, 2.05) is 0 Å². The number of hydrogen-bond acceptors (Lipinski definition) is 4. The van der Waals surface area contributed by atoms with Gasteiger partial charge in [-0.2, -0.15) is 0 Å². The van der Waals surface area contributed by atoms with E-state index in [2.05, 4.69) is 10.3 Å². The van der Waals surface area contributed by atoms with Crippen molar-refractivity contribution in [1.29, 1.82) is 0 Å². The van der Waals surface area contributed by atoms with Crippen molar-refractivity contribution >= 4 is 23.3 Å². The normalized spacial score (nSPS) is 10.3. The topological polar surface area (TPSA) is 73.2 Å². The SMILES string of the molecule is COc1cccc(-n2ccnc(NC(=O)c3cccc(Cl)c3)c2=O)c1. The summed E-state index contributed by atoms with van der Waals surface area (Å²) in [6.45, 7) is 0. The lowest BCUT2D eigenvalue weighted by atomic mass is 10.2.